The Labute approximate surface area is 132 Å². The molecular weight excluding hydrogens is 302 g/mol. The molecule has 0 unspecified atom stereocenters. The highest BCUT2D eigenvalue weighted by Crippen LogP contribution is 2.33. The minimum Gasteiger partial charge on any atom is -0.454 e. The first-order valence-electron chi connectivity index (χ1n) is 6.49. The van der Waals surface area contributed by atoms with Crippen molar-refractivity contribution in [1.82, 2.24) is 0 Å². The van der Waals surface area contributed by atoms with Gasteiger partial charge in [0.15, 0.2) is 11.5 Å². The number of hydrogen-bond donors (Lipinski definition) is 0. The van der Waals surface area contributed by atoms with Gasteiger partial charge in [-0.15, -0.1) is 0 Å². The minimum absolute atomic E-state index is 0.0428. The summed E-state index contributed by atoms with van der Waals surface area (Å²) in [6, 6.07) is 13.7. The lowest BCUT2D eigenvalue weighted by Gasteiger charge is -2.02. The van der Waals surface area contributed by atoms with Gasteiger partial charge in [-0.25, -0.2) is 0 Å². The molecule has 2 aromatic rings. The zero-order valence-electron chi connectivity index (χ0n) is 11.4. The number of hydrogen-bond acceptors (Lipinski definition) is 4. The lowest BCUT2D eigenvalue weighted by molar-refractivity contribution is 0.103. The van der Waals surface area contributed by atoms with Gasteiger partial charge >= 0.3 is 0 Å². The fourth-order valence-corrected chi connectivity index (χ4v) is 2.19. The molecule has 0 amide bonds. The first-order valence-corrected chi connectivity index (χ1v) is 6.87. The molecule has 0 aromatic heterocycles. The predicted molar refractivity (Wildman–Crippen MR) is 81.9 cm³/mol. The van der Waals surface area contributed by atoms with Crippen LogP contribution in [0.1, 0.15) is 15.9 Å². The summed E-state index contributed by atoms with van der Waals surface area (Å²) in [7, 11) is 0. The Hall–Kier alpha value is -2.77. The third-order valence-electron chi connectivity index (χ3n) is 3.18. The number of nitriles is 1. The molecule has 0 saturated heterocycles. The average Bonchev–Trinajstić information content (AvgIpc) is 3.01. The normalized spacial score (nSPS) is 12.8. The number of rotatable bonds is 3. The highest BCUT2D eigenvalue weighted by atomic mass is 35.5. The topological polar surface area (TPSA) is 59.3 Å². The van der Waals surface area contributed by atoms with E-state index in [4.69, 9.17) is 21.1 Å². The highest BCUT2D eigenvalue weighted by Gasteiger charge is 2.18. The predicted octanol–water partition coefficient (Wildman–Crippen LogP) is 3.86. The quantitative estimate of drug-likeness (QED) is 0.490. The van der Waals surface area contributed by atoms with Crippen molar-refractivity contribution in [1.29, 1.82) is 5.26 Å². The van der Waals surface area contributed by atoms with Crippen LogP contribution >= 0.6 is 11.6 Å². The van der Waals surface area contributed by atoms with E-state index >= 15 is 0 Å². The Morgan fingerprint density at radius 3 is 2.59 bits per heavy atom. The SMILES string of the molecule is N#C/C(=C/c1ccc(Cl)cc1)C(=O)c1ccc2c(c1)OCO2. The van der Waals surface area contributed by atoms with Gasteiger partial charge in [-0.1, -0.05) is 23.7 Å². The van der Waals surface area contributed by atoms with Gasteiger partial charge in [0.25, 0.3) is 0 Å². The molecule has 0 radical (unpaired) electrons. The molecule has 0 N–H and O–H groups in total. The molecule has 4 nitrogen and oxygen atoms in total. The smallest absolute Gasteiger partial charge is 0.231 e. The Morgan fingerprint density at radius 2 is 1.86 bits per heavy atom. The van der Waals surface area contributed by atoms with Gasteiger partial charge < -0.3 is 9.47 Å². The Morgan fingerprint density at radius 1 is 1.14 bits per heavy atom. The maximum atomic E-state index is 12.4. The lowest BCUT2D eigenvalue weighted by atomic mass is 10.0. The molecule has 1 aliphatic rings. The van der Waals surface area contributed by atoms with Gasteiger partial charge in [0.05, 0.1) is 0 Å². The summed E-state index contributed by atoms with van der Waals surface area (Å²) in [5.41, 5.74) is 1.15. The zero-order valence-corrected chi connectivity index (χ0v) is 12.1. The second kappa shape index (κ2) is 5.92. The van der Waals surface area contributed by atoms with Gasteiger partial charge in [-0.2, -0.15) is 5.26 Å². The Bertz CT molecular complexity index is 804. The van der Waals surface area contributed by atoms with Gasteiger partial charge in [0, 0.05) is 10.6 Å². The number of Topliss-reactive ketones (excluding diaryl/α,β-unsaturated/α-hetero) is 1. The van der Waals surface area contributed by atoms with E-state index in [-0.39, 0.29) is 18.1 Å². The fraction of sp³-hybridized carbons (Fsp3) is 0.0588. The molecule has 0 bridgehead atoms. The number of ether oxygens (including phenoxy) is 2. The lowest BCUT2D eigenvalue weighted by Crippen LogP contribution is -2.01. The number of ketones is 1. The molecule has 108 valence electrons. The van der Waals surface area contributed by atoms with Crippen LogP contribution in [-0.4, -0.2) is 12.6 Å². The summed E-state index contributed by atoms with van der Waals surface area (Å²) in [4.78, 5) is 12.4. The zero-order chi connectivity index (χ0) is 15.5. The third-order valence-corrected chi connectivity index (χ3v) is 3.43. The van der Waals surface area contributed by atoms with Crippen LogP contribution in [0.4, 0.5) is 0 Å². The van der Waals surface area contributed by atoms with Gasteiger partial charge in [-0.05, 0) is 42.0 Å². The average molecular weight is 312 g/mol. The molecule has 0 saturated carbocycles. The second-order valence-electron chi connectivity index (χ2n) is 4.62. The van der Waals surface area contributed by atoms with Crippen molar-refractivity contribution >= 4 is 23.5 Å². The van der Waals surface area contributed by atoms with Crippen LogP contribution in [0.5, 0.6) is 11.5 Å². The molecule has 2 aromatic carbocycles. The van der Waals surface area contributed by atoms with Crippen molar-refractivity contribution in [3.63, 3.8) is 0 Å². The van der Waals surface area contributed by atoms with Crippen LogP contribution in [0.25, 0.3) is 6.08 Å². The number of nitrogens with zero attached hydrogens (tertiary/aromatic N) is 1. The Kier molecular flexibility index (Phi) is 3.82. The maximum absolute atomic E-state index is 12.4. The van der Waals surface area contributed by atoms with E-state index in [0.29, 0.717) is 22.1 Å². The van der Waals surface area contributed by atoms with Gasteiger partial charge in [-0.3, -0.25) is 4.79 Å². The van der Waals surface area contributed by atoms with Crippen LogP contribution in [0, 0.1) is 11.3 Å². The molecule has 3 rings (SSSR count). The summed E-state index contributed by atoms with van der Waals surface area (Å²) in [5.74, 6) is 0.738. The number of allylic oxidation sites excluding steroid dienone is 1. The first-order chi connectivity index (χ1) is 10.7. The van der Waals surface area contributed by atoms with Crippen LogP contribution in [0.3, 0.4) is 0 Å². The summed E-state index contributed by atoms with van der Waals surface area (Å²) >= 11 is 5.82. The van der Waals surface area contributed by atoms with Crippen LogP contribution < -0.4 is 9.47 Å². The number of halogens is 1. The van der Waals surface area contributed by atoms with E-state index in [2.05, 4.69) is 0 Å². The summed E-state index contributed by atoms with van der Waals surface area (Å²) in [6.45, 7) is 0.138. The summed E-state index contributed by atoms with van der Waals surface area (Å²) < 4.78 is 10.4. The van der Waals surface area contributed by atoms with E-state index in [9.17, 15) is 10.1 Å². The minimum atomic E-state index is -0.365. The molecule has 5 heteroatoms. The van der Waals surface area contributed by atoms with Crippen LogP contribution in [0.15, 0.2) is 48.0 Å². The van der Waals surface area contributed by atoms with Crippen molar-refractivity contribution in [2.24, 2.45) is 0 Å². The number of fused-ring (bicyclic) bond motifs is 1. The molecule has 0 fully saturated rings. The Balaban J connectivity index is 1.92. The van der Waals surface area contributed by atoms with E-state index < -0.39 is 0 Å². The molecule has 0 atom stereocenters. The second-order valence-corrected chi connectivity index (χ2v) is 5.05. The third kappa shape index (κ3) is 2.80. The molecule has 0 aliphatic carbocycles. The van der Waals surface area contributed by atoms with Crippen LogP contribution in [0.2, 0.25) is 5.02 Å². The molecule has 1 aliphatic heterocycles. The van der Waals surface area contributed by atoms with Gasteiger partial charge in [0.1, 0.15) is 11.6 Å². The van der Waals surface area contributed by atoms with E-state index in [0.717, 1.165) is 5.56 Å². The molecular formula is C17H10ClNO3. The fourth-order valence-electron chi connectivity index (χ4n) is 2.07. The largest absolute Gasteiger partial charge is 0.454 e. The monoisotopic (exact) mass is 311 g/mol. The first kappa shape index (κ1) is 14.2. The number of benzene rings is 2. The van der Waals surface area contributed by atoms with Gasteiger partial charge in [0.2, 0.25) is 12.6 Å². The van der Waals surface area contributed by atoms with Crippen LogP contribution in [-0.2, 0) is 0 Å². The molecule has 22 heavy (non-hydrogen) atoms. The summed E-state index contributed by atoms with van der Waals surface area (Å²) in [5, 5.41) is 9.84. The molecule has 1 heterocycles. The van der Waals surface area contributed by atoms with E-state index in [1.54, 1.807) is 42.5 Å². The van der Waals surface area contributed by atoms with Crippen molar-refractivity contribution < 1.29 is 14.3 Å². The van der Waals surface area contributed by atoms with Crippen molar-refractivity contribution in [3.8, 4) is 17.6 Å². The van der Waals surface area contributed by atoms with Crippen molar-refractivity contribution in [2.75, 3.05) is 6.79 Å². The van der Waals surface area contributed by atoms with E-state index in [1.165, 1.54) is 6.08 Å². The van der Waals surface area contributed by atoms with E-state index in [1.807, 2.05) is 6.07 Å². The van der Waals surface area contributed by atoms with Crippen molar-refractivity contribution in [2.45, 2.75) is 0 Å². The maximum Gasteiger partial charge on any atom is 0.231 e. The number of carbonyl (C=O) groups is 1. The highest BCUT2D eigenvalue weighted by molar-refractivity contribution is 6.30. The standard InChI is InChI=1S/C17H10ClNO3/c18-14-4-1-11(2-5-14)7-13(9-19)17(20)12-3-6-15-16(8-12)22-10-21-15/h1-8H,10H2/b13-7-. The summed E-state index contributed by atoms with van der Waals surface area (Å²) in [6.07, 6.45) is 1.53. The van der Waals surface area contributed by atoms with Crippen molar-refractivity contribution in [3.05, 3.63) is 64.2 Å². The number of carbonyl (C=O) groups excluding carboxylic acids is 1. The molecule has 0 spiro atoms.